The van der Waals surface area contributed by atoms with E-state index in [0.29, 0.717) is 6.04 Å². The van der Waals surface area contributed by atoms with E-state index < -0.39 is 0 Å². The first-order chi connectivity index (χ1) is 5.11. The van der Waals surface area contributed by atoms with Crippen molar-refractivity contribution < 1.29 is 5.11 Å². The number of aliphatic hydroxyl groups excluding tert-OH is 1. The molecular weight excluding hydrogens is 138 g/mol. The monoisotopic (exact) mass is 159 g/mol. The van der Waals surface area contributed by atoms with Crippen LogP contribution in [0, 0.1) is 0 Å². The third-order valence-corrected chi connectivity index (χ3v) is 2.12. The molecule has 1 N–H and O–H groups in total. The number of aliphatic hydroxyl groups is 1. The van der Waals surface area contributed by atoms with E-state index >= 15 is 0 Å². The fraction of sp³-hybridized carbons (Fsp3) is 1.00. The Morgan fingerprint density at radius 1 is 1.27 bits per heavy atom. The molecule has 0 aromatic carbocycles. The Balaban J connectivity index is 3.68. The maximum atomic E-state index is 9.12. The highest BCUT2D eigenvalue weighted by atomic mass is 16.3. The maximum absolute atomic E-state index is 9.12. The molecule has 0 fully saturated rings. The second kappa shape index (κ2) is 5.56. The average molecular weight is 159 g/mol. The first-order valence-electron chi connectivity index (χ1n) is 4.50. The molecule has 11 heavy (non-hydrogen) atoms. The van der Waals surface area contributed by atoms with Gasteiger partial charge in [0.1, 0.15) is 0 Å². The number of rotatable bonds is 5. The SMILES string of the molecule is CCC(CC)N(C)C[C@@H](C)O. The van der Waals surface area contributed by atoms with Gasteiger partial charge in [-0.3, -0.25) is 0 Å². The number of hydrogen-bond donors (Lipinski definition) is 1. The number of likely N-dealkylation sites (N-methyl/N-ethyl adjacent to an activating group) is 1. The Kier molecular flexibility index (Phi) is 5.51. The third kappa shape index (κ3) is 4.38. The average Bonchev–Trinajstić information content (AvgIpc) is 1.88. The summed E-state index contributed by atoms with van der Waals surface area (Å²) in [7, 11) is 2.07. The summed E-state index contributed by atoms with van der Waals surface area (Å²) < 4.78 is 0. The van der Waals surface area contributed by atoms with E-state index in [0.717, 1.165) is 6.54 Å². The maximum Gasteiger partial charge on any atom is 0.0639 e. The lowest BCUT2D eigenvalue weighted by molar-refractivity contribution is 0.114. The first kappa shape index (κ1) is 10.9. The molecule has 0 radical (unpaired) electrons. The summed E-state index contributed by atoms with van der Waals surface area (Å²) >= 11 is 0. The van der Waals surface area contributed by atoms with Gasteiger partial charge in [0.05, 0.1) is 6.10 Å². The fourth-order valence-corrected chi connectivity index (χ4v) is 1.48. The van der Waals surface area contributed by atoms with Gasteiger partial charge in [0.2, 0.25) is 0 Å². The molecule has 68 valence electrons. The molecule has 0 rings (SSSR count). The summed E-state index contributed by atoms with van der Waals surface area (Å²) in [6.45, 7) is 6.99. The van der Waals surface area contributed by atoms with E-state index in [2.05, 4.69) is 25.8 Å². The van der Waals surface area contributed by atoms with E-state index in [1.807, 2.05) is 6.92 Å². The Morgan fingerprint density at radius 3 is 2.00 bits per heavy atom. The molecule has 0 bridgehead atoms. The van der Waals surface area contributed by atoms with E-state index in [9.17, 15) is 0 Å². The van der Waals surface area contributed by atoms with Crippen molar-refractivity contribution in [3.63, 3.8) is 0 Å². The topological polar surface area (TPSA) is 23.5 Å². The van der Waals surface area contributed by atoms with Crippen LogP contribution in [0.3, 0.4) is 0 Å². The van der Waals surface area contributed by atoms with Crippen molar-refractivity contribution in [2.24, 2.45) is 0 Å². The van der Waals surface area contributed by atoms with Crippen molar-refractivity contribution in [2.75, 3.05) is 13.6 Å². The smallest absolute Gasteiger partial charge is 0.0639 e. The van der Waals surface area contributed by atoms with E-state index in [-0.39, 0.29) is 6.10 Å². The fourth-order valence-electron chi connectivity index (χ4n) is 1.48. The molecule has 0 aromatic rings. The normalized spacial score (nSPS) is 14.5. The van der Waals surface area contributed by atoms with E-state index in [4.69, 9.17) is 5.11 Å². The summed E-state index contributed by atoms with van der Waals surface area (Å²) in [5.74, 6) is 0. The van der Waals surface area contributed by atoms with Crippen molar-refractivity contribution in [1.82, 2.24) is 4.90 Å². The highest BCUT2D eigenvalue weighted by Crippen LogP contribution is 2.05. The van der Waals surface area contributed by atoms with Gasteiger partial charge in [0, 0.05) is 12.6 Å². The van der Waals surface area contributed by atoms with Crippen LogP contribution in [0.25, 0.3) is 0 Å². The van der Waals surface area contributed by atoms with Crippen LogP contribution < -0.4 is 0 Å². The van der Waals surface area contributed by atoms with Gasteiger partial charge in [0.25, 0.3) is 0 Å². The molecule has 2 heteroatoms. The minimum atomic E-state index is -0.208. The molecular formula is C9H21NO. The van der Waals surface area contributed by atoms with Crippen LogP contribution in [0.15, 0.2) is 0 Å². The molecule has 0 saturated heterocycles. The highest BCUT2D eigenvalue weighted by Gasteiger charge is 2.11. The Labute approximate surface area is 70.2 Å². The Hall–Kier alpha value is -0.0800. The quantitative estimate of drug-likeness (QED) is 0.657. The molecule has 0 aliphatic carbocycles. The first-order valence-corrected chi connectivity index (χ1v) is 4.50. The molecule has 1 atom stereocenters. The van der Waals surface area contributed by atoms with Crippen molar-refractivity contribution in [2.45, 2.75) is 45.8 Å². The molecule has 0 saturated carbocycles. The summed E-state index contributed by atoms with van der Waals surface area (Å²) in [6.07, 6.45) is 2.12. The highest BCUT2D eigenvalue weighted by molar-refractivity contribution is 4.66. The van der Waals surface area contributed by atoms with Crippen molar-refractivity contribution in [3.8, 4) is 0 Å². The zero-order valence-corrected chi connectivity index (χ0v) is 8.17. The van der Waals surface area contributed by atoms with Crippen molar-refractivity contribution in [3.05, 3.63) is 0 Å². The predicted molar refractivity (Wildman–Crippen MR) is 48.7 cm³/mol. The third-order valence-electron chi connectivity index (χ3n) is 2.12. The lowest BCUT2D eigenvalue weighted by Gasteiger charge is -2.26. The van der Waals surface area contributed by atoms with E-state index in [1.54, 1.807) is 0 Å². The zero-order chi connectivity index (χ0) is 8.85. The summed E-state index contributed by atoms with van der Waals surface area (Å²) in [5.41, 5.74) is 0. The largest absolute Gasteiger partial charge is 0.392 e. The van der Waals surface area contributed by atoms with Crippen LogP contribution in [0.2, 0.25) is 0 Å². The van der Waals surface area contributed by atoms with Gasteiger partial charge < -0.3 is 10.0 Å². The summed E-state index contributed by atoms with van der Waals surface area (Å²) in [5, 5.41) is 9.12. The molecule has 0 amide bonds. The minimum Gasteiger partial charge on any atom is -0.392 e. The Morgan fingerprint density at radius 2 is 1.73 bits per heavy atom. The molecule has 0 aliphatic rings. The second-order valence-corrected chi connectivity index (χ2v) is 3.26. The molecule has 0 aromatic heterocycles. The molecule has 0 aliphatic heterocycles. The number of nitrogens with zero attached hydrogens (tertiary/aromatic N) is 1. The zero-order valence-electron chi connectivity index (χ0n) is 8.17. The van der Waals surface area contributed by atoms with Crippen LogP contribution in [-0.4, -0.2) is 35.7 Å². The van der Waals surface area contributed by atoms with Crippen LogP contribution >= 0.6 is 0 Å². The standard InChI is InChI=1S/C9H21NO/c1-5-9(6-2)10(4)7-8(3)11/h8-9,11H,5-7H2,1-4H3/t8-/m1/s1. The van der Waals surface area contributed by atoms with Crippen LogP contribution in [-0.2, 0) is 0 Å². The van der Waals surface area contributed by atoms with Crippen LogP contribution in [0.1, 0.15) is 33.6 Å². The van der Waals surface area contributed by atoms with Gasteiger partial charge in [-0.15, -0.1) is 0 Å². The summed E-state index contributed by atoms with van der Waals surface area (Å²) in [4.78, 5) is 2.23. The van der Waals surface area contributed by atoms with Crippen molar-refractivity contribution in [1.29, 1.82) is 0 Å². The minimum absolute atomic E-state index is 0.208. The predicted octanol–water partition coefficient (Wildman–Crippen LogP) is 1.49. The van der Waals surface area contributed by atoms with Gasteiger partial charge in [-0.2, -0.15) is 0 Å². The lowest BCUT2D eigenvalue weighted by atomic mass is 10.1. The second-order valence-electron chi connectivity index (χ2n) is 3.26. The van der Waals surface area contributed by atoms with Gasteiger partial charge in [0.15, 0.2) is 0 Å². The Bertz CT molecular complexity index is 89.6. The molecule has 2 nitrogen and oxygen atoms in total. The van der Waals surface area contributed by atoms with Gasteiger partial charge >= 0.3 is 0 Å². The molecule has 0 unspecified atom stereocenters. The lowest BCUT2D eigenvalue weighted by Crippen LogP contribution is -2.35. The number of hydrogen-bond acceptors (Lipinski definition) is 2. The van der Waals surface area contributed by atoms with E-state index in [1.165, 1.54) is 12.8 Å². The summed E-state index contributed by atoms with van der Waals surface area (Å²) in [6, 6.07) is 0.629. The van der Waals surface area contributed by atoms with Crippen LogP contribution in [0.5, 0.6) is 0 Å². The molecule has 0 heterocycles. The van der Waals surface area contributed by atoms with Crippen LogP contribution in [0.4, 0.5) is 0 Å². The van der Waals surface area contributed by atoms with Gasteiger partial charge in [-0.05, 0) is 26.8 Å². The van der Waals surface area contributed by atoms with Gasteiger partial charge in [-0.1, -0.05) is 13.8 Å². The molecule has 0 spiro atoms. The van der Waals surface area contributed by atoms with Gasteiger partial charge in [-0.25, -0.2) is 0 Å². The van der Waals surface area contributed by atoms with Crippen molar-refractivity contribution >= 4 is 0 Å².